The lowest BCUT2D eigenvalue weighted by Crippen LogP contribution is -2.65. The third-order valence-electron chi connectivity index (χ3n) is 11.5. The molecule has 0 bridgehead atoms. The molecular weight excluding hydrogens is 868 g/mol. The van der Waals surface area contributed by atoms with E-state index in [4.69, 9.17) is 42.3 Å². The summed E-state index contributed by atoms with van der Waals surface area (Å²) in [4.78, 5) is 14.5. The molecule has 0 radical (unpaired) electrons. The molecule has 4 saturated heterocycles. The van der Waals surface area contributed by atoms with Gasteiger partial charge in [0.15, 0.2) is 35.9 Å². The molecule has 0 spiro atoms. The van der Waals surface area contributed by atoms with Gasteiger partial charge in [0.2, 0.25) is 23.8 Å². The quantitative estimate of drug-likeness (QED) is 0.0798. The topological polar surface area (TPSA) is 408 Å². The molecule has 0 unspecified atom stereocenters. The fourth-order valence-electron chi connectivity index (χ4n) is 7.61. The molecule has 3 aromatic rings. The van der Waals surface area contributed by atoms with E-state index in [0.29, 0.717) is 0 Å². The number of rotatable bonds is 11. The molecule has 4 fully saturated rings. The number of ether oxygens (including phenoxy) is 8. The summed E-state index contributed by atoms with van der Waals surface area (Å²) in [6.45, 7) is 1.10. The molecule has 0 amide bonds. The van der Waals surface area contributed by atoms with Crippen LogP contribution in [0.1, 0.15) is 13.8 Å². The van der Waals surface area contributed by atoms with Crippen molar-refractivity contribution in [2.24, 2.45) is 0 Å². The minimum Gasteiger partial charge on any atom is -0.507 e. The standard InChI is InChI=1S/C39H50O25/c1-10-21(44)26(49)30(53)36(57-10)56-9-19-24(47)29(52)35(64-38-32(55)28(51)23(46)18(8-40)61-38)39(62-19)63-34-25(48)20-16(43)6-13(59-37-31(54)27(50)22(45)11(2)58-37)7-17(20)60-33(34)12-3-4-14(41)15(42)5-12/h3-7,10-11,18-19,21-24,26-32,35-47,49-55H,8-9H2,1-2H3/t10-,11-,18+,19+,21-,22-,23-,24-,26+,27+,28+,29+,30+,31+,32+,35+,36-,37+,38+,39+/m0/s1. The number of aliphatic hydroxyl groups excluding tert-OH is 12. The Labute approximate surface area is 360 Å². The van der Waals surface area contributed by atoms with Crippen molar-refractivity contribution in [3.05, 3.63) is 40.6 Å². The Balaban J connectivity index is 1.28. The van der Waals surface area contributed by atoms with Crippen LogP contribution in [0.4, 0.5) is 0 Å². The van der Waals surface area contributed by atoms with E-state index in [0.717, 1.165) is 30.3 Å². The van der Waals surface area contributed by atoms with Crippen LogP contribution in [-0.4, -0.2) is 213 Å². The van der Waals surface area contributed by atoms with Gasteiger partial charge in [0.1, 0.15) is 102 Å². The van der Waals surface area contributed by atoms with Crippen molar-refractivity contribution < 1.29 is 119 Å². The average molecular weight is 919 g/mol. The summed E-state index contributed by atoms with van der Waals surface area (Å²) in [5.74, 6) is -3.91. The van der Waals surface area contributed by atoms with Gasteiger partial charge >= 0.3 is 0 Å². The van der Waals surface area contributed by atoms with Crippen LogP contribution in [0.15, 0.2) is 39.5 Å². The Hall–Kier alpha value is -4.07. The lowest BCUT2D eigenvalue weighted by Gasteiger charge is -2.46. The van der Waals surface area contributed by atoms with Crippen LogP contribution in [0.3, 0.4) is 0 Å². The van der Waals surface area contributed by atoms with E-state index in [-0.39, 0.29) is 11.3 Å². The summed E-state index contributed by atoms with van der Waals surface area (Å²) in [7, 11) is 0. The maximum Gasteiger partial charge on any atom is 0.239 e. The lowest BCUT2D eigenvalue weighted by molar-refractivity contribution is -0.362. The van der Waals surface area contributed by atoms with Crippen LogP contribution in [0.5, 0.6) is 28.7 Å². The smallest absolute Gasteiger partial charge is 0.239 e. The highest BCUT2D eigenvalue weighted by molar-refractivity contribution is 5.88. The molecule has 4 aliphatic heterocycles. The van der Waals surface area contributed by atoms with Crippen molar-refractivity contribution in [1.82, 2.24) is 0 Å². The molecule has 2 aromatic carbocycles. The number of phenols is 3. The van der Waals surface area contributed by atoms with Gasteiger partial charge in [-0.15, -0.1) is 0 Å². The Morgan fingerprint density at radius 2 is 1.14 bits per heavy atom. The maximum atomic E-state index is 14.5. The van der Waals surface area contributed by atoms with Crippen LogP contribution in [0, 0.1) is 0 Å². The minimum atomic E-state index is -2.16. The molecular formula is C39H50O25. The number of aliphatic hydroxyl groups is 12. The number of fused-ring (bicyclic) bond motifs is 1. The molecule has 20 atom stereocenters. The van der Waals surface area contributed by atoms with Crippen molar-refractivity contribution >= 4 is 11.0 Å². The lowest BCUT2D eigenvalue weighted by atomic mass is 9.97. The molecule has 25 nitrogen and oxygen atoms in total. The van der Waals surface area contributed by atoms with Gasteiger partial charge in [0.05, 0.1) is 25.4 Å². The van der Waals surface area contributed by atoms with Gasteiger partial charge in [-0.3, -0.25) is 4.79 Å². The molecule has 15 N–H and O–H groups in total. The van der Waals surface area contributed by atoms with E-state index in [2.05, 4.69) is 0 Å². The summed E-state index contributed by atoms with van der Waals surface area (Å²) < 4.78 is 51.5. The Morgan fingerprint density at radius 3 is 1.78 bits per heavy atom. The number of aromatic hydroxyl groups is 3. The SMILES string of the molecule is C[C@@H]1O[C@H](OC[C@H]2O[C@H](Oc3c(-c4ccc(O)c(O)c4)oc4cc(O[C@H]5O[C@@H](C)[C@H](O)[C@@H](O)[C@H]5O)cc(O)c4c3=O)[C@H](O[C@H]3O[C@H](CO)[C@H](O)[C@@H](O)[C@H]3O)[C@H](O)[C@H]2O)[C@H](O)[C@H](O)[C@H]1O. The molecule has 0 aliphatic carbocycles. The molecule has 64 heavy (non-hydrogen) atoms. The first-order valence-electron chi connectivity index (χ1n) is 19.9. The molecule has 356 valence electrons. The largest absolute Gasteiger partial charge is 0.507 e. The first-order valence-corrected chi connectivity index (χ1v) is 19.9. The number of hydrogen-bond donors (Lipinski definition) is 15. The van der Waals surface area contributed by atoms with Gasteiger partial charge < -0.3 is 119 Å². The van der Waals surface area contributed by atoms with Crippen LogP contribution in [0.2, 0.25) is 0 Å². The van der Waals surface area contributed by atoms with Gasteiger partial charge in [-0.1, -0.05) is 0 Å². The average Bonchev–Trinajstić information content (AvgIpc) is 3.26. The summed E-state index contributed by atoms with van der Waals surface area (Å²) in [6, 6.07) is 5.07. The predicted octanol–water partition coefficient (Wildman–Crippen LogP) is -5.36. The van der Waals surface area contributed by atoms with Gasteiger partial charge in [-0.2, -0.15) is 0 Å². The highest BCUT2D eigenvalue weighted by Gasteiger charge is 2.53. The fourth-order valence-corrected chi connectivity index (χ4v) is 7.61. The van der Waals surface area contributed by atoms with Crippen LogP contribution < -0.4 is 14.9 Å². The van der Waals surface area contributed by atoms with E-state index in [1.165, 1.54) is 13.8 Å². The zero-order chi connectivity index (χ0) is 46.6. The Morgan fingerprint density at radius 1 is 0.562 bits per heavy atom. The monoisotopic (exact) mass is 918 g/mol. The summed E-state index contributed by atoms with van der Waals surface area (Å²) >= 11 is 0. The van der Waals surface area contributed by atoms with Gasteiger partial charge in [-0.05, 0) is 32.0 Å². The minimum absolute atomic E-state index is 0.187. The van der Waals surface area contributed by atoms with E-state index in [9.17, 15) is 81.4 Å². The predicted molar refractivity (Wildman–Crippen MR) is 204 cm³/mol. The first kappa shape index (κ1) is 47.9. The van der Waals surface area contributed by atoms with Crippen LogP contribution >= 0.6 is 0 Å². The zero-order valence-electron chi connectivity index (χ0n) is 33.6. The van der Waals surface area contributed by atoms with E-state index in [1.807, 2.05) is 0 Å². The molecule has 25 heteroatoms. The number of hydrogen-bond acceptors (Lipinski definition) is 25. The molecule has 5 heterocycles. The van der Waals surface area contributed by atoms with Crippen LogP contribution in [-0.2, 0) is 28.4 Å². The maximum absolute atomic E-state index is 14.5. The molecule has 0 saturated carbocycles. The van der Waals surface area contributed by atoms with Gasteiger partial charge in [0, 0.05) is 17.7 Å². The number of benzene rings is 2. The fraction of sp³-hybridized carbons (Fsp3) is 0.615. The van der Waals surface area contributed by atoms with E-state index < -0.39 is 181 Å². The van der Waals surface area contributed by atoms with Crippen molar-refractivity contribution in [2.45, 2.75) is 137 Å². The summed E-state index contributed by atoms with van der Waals surface area (Å²) in [5.41, 5.74) is -1.83. The van der Waals surface area contributed by atoms with E-state index in [1.54, 1.807) is 0 Å². The van der Waals surface area contributed by atoms with Gasteiger partial charge in [-0.25, -0.2) is 0 Å². The van der Waals surface area contributed by atoms with E-state index >= 15 is 0 Å². The summed E-state index contributed by atoms with van der Waals surface area (Å²) in [5, 5.41) is 157. The second kappa shape index (κ2) is 19.0. The molecule has 7 rings (SSSR count). The second-order valence-corrected chi connectivity index (χ2v) is 15.9. The molecule has 1 aromatic heterocycles. The third-order valence-corrected chi connectivity index (χ3v) is 11.5. The molecule has 4 aliphatic rings. The van der Waals surface area contributed by atoms with Crippen molar-refractivity contribution in [3.63, 3.8) is 0 Å². The van der Waals surface area contributed by atoms with Crippen molar-refractivity contribution in [3.8, 4) is 40.1 Å². The van der Waals surface area contributed by atoms with Crippen molar-refractivity contribution in [1.29, 1.82) is 0 Å². The second-order valence-electron chi connectivity index (χ2n) is 15.9. The van der Waals surface area contributed by atoms with Crippen LogP contribution in [0.25, 0.3) is 22.3 Å². The van der Waals surface area contributed by atoms with Gasteiger partial charge in [0.25, 0.3) is 0 Å². The Bertz CT molecular complexity index is 2150. The zero-order valence-corrected chi connectivity index (χ0v) is 33.6. The highest BCUT2D eigenvalue weighted by atomic mass is 16.8. The summed E-state index contributed by atoms with van der Waals surface area (Å²) in [6.07, 6.45) is -34.9. The Kier molecular flexibility index (Phi) is 14.2. The number of phenolic OH excluding ortho intramolecular Hbond substituents is 3. The van der Waals surface area contributed by atoms with Crippen molar-refractivity contribution in [2.75, 3.05) is 13.2 Å². The third kappa shape index (κ3) is 9.06. The normalized spacial score (nSPS) is 40.6. The highest BCUT2D eigenvalue weighted by Crippen LogP contribution is 2.41. The first-order chi connectivity index (χ1) is 30.2.